The summed E-state index contributed by atoms with van der Waals surface area (Å²) in [5, 5.41) is 0. The van der Waals surface area contributed by atoms with E-state index in [0.29, 0.717) is 16.8 Å². The van der Waals surface area contributed by atoms with Crippen LogP contribution < -0.4 is 5.73 Å². The predicted octanol–water partition coefficient (Wildman–Crippen LogP) is 3.35. The van der Waals surface area contributed by atoms with Gasteiger partial charge in [-0.15, -0.1) is 0 Å². The Morgan fingerprint density at radius 3 is 2.93 bits per heavy atom. The fraction of sp³-hybridized carbons (Fsp3) is 0.250. The van der Waals surface area contributed by atoms with Crippen LogP contribution >= 0.6 is 0 Å². The molecule has 1 aliphatic heterocycles. The minimum absolute atomic E-state index is 0.0318. The molecule has 5 rings (SSSR count). The number of carbonyl (C=O) groups is 1. The van der Waals surface area contributed by atoms with Gasteiger partial charge in [0, 0.05) is 18.8 Å². The summed E-state index contributed by atoms with van der Waals surface area (Å²) < 4.78 is 7.20. The van der Waals surface area contributed by atoms with Crippen molar-refractivity contribution in [3.63, 3.8) is 0 Å². The number of aromatic nitrogens is 3. The largest absolute Gasteiger partial charge is 0.424 e. The molecule has 0 radical (unpaired) electrons. The molecule has 0 aliphatic carbocycles. The van der Waals surface area contributed by atoms with Crippen molar-refractivity contribution in [2.24, 2.45) is 0 Å². The number of amides is 1. The van der Waals surface area contributed by atoms with Crippen LogP contribution in [-0.2, 0) is 0 Å². The molecule has 1 atom stereocenters. The minimum Gasteiger partial charge on any atom is -0.424 e. The number of hydrogen-bond acceptors (Lipinski definition) is 5. The van der Waals surface area contributed by atoms with Gasteiger partial charge in [-0.2, -0.15) is 4.98 Å². The van der Waals surface area contributed by atoms with E-state index < -0.39 is 0 Å². The molecule has 1 fully saturated rings. The van der Waals surface area contributed by atoms with Crippen molar-refractivity contribution in [3.8, 4) is 11.1 Å². The molecule has 136 valence electrons. The van der Waals surface area contributed by atoms with Gasteiger partial charge in [-0.1, -0.05) is 6.07 Å². The molecule has 4 aromatic rings. The second-order valence-electron chi connectivity index (χ2n) is 7.01. The van der Waals surface area contributed by atoms with Crippen LogP contribution in [0.2, 0.25) is 0 Å². The van der Waals surface area contributed by atoms with Gasteiger partial charge in [0.05, 0.1) is 6.20 Å². The highest BCUT2D eigenvalue weighted by atomic mass is 16.4. The van der Waals surface area contributed by atoms with Gasteiger partial charge in [-0.05, 0) is 55.2 Å². The first-order valence-electron chi connectivity index (χ1n) is 9.05. The van der Waals surface area contributed by atoms with Crippen molar-refractivity contribution in [2.75, 3.05) is 12.3 Å². The summed E-state index contributed by atoms with van der Waals surface area (Å²) in [5.41, 5.74) is 10.3. The zero-order chi connectivity index (χ0) is 18.5. The summed E-state index contributed by atoms with van der Waals surface area (Å²) >= 11 is 0. The molecule has 0 saturated carbocycles. The molecule has 1 aromatic carbocycles. The molecule has 0 spiro atoms. The quantitative estimate of drug-likeness (QED) is 0.591. The summed E-state index contributed by atoms with van der Waals surface area (Å²) in [5.74, 6) is 0.0318. The van der Waals surface area contributed by atoms with E-state index in [4.69, 9.17) is 10.2 Å². The maximum atomic E-state index is 13.0. The molecule has 1 aliphatic rings. The molecule has 1 unspecified atom stereocenters. The van der Waals surface area contributed by atoms with E-state index in [1.54, 1.807) is 6.20 Å². The number of imidazole rings is 1. The number of carbonyl (C=O) groups excluding carboxylic acids is 1. The number of benzene rings is 1. The number of hydrogen-bond donors (Lipinski definition) is 1. The molecule has 27 heavy (non-hydrogen) atoms. The van der Waals surface area contributed by atoms with Crippen LogP contribution in [0.4, 0.5) is 6.01 Å². The third-order valence-electron chi connectivity index (χ3n) is 5.28. The fourth-order valence-electron chi connectivity index (χ4n) is 3.82. The number of anilines is 1. The Kier molecular flexibility index (Phi) is 3.43. The van der Waals surface area contributed by atoms with Gasteiger partial charge in [-0.3, -0.25) is 9.20 Å². The Hall–Kier alpha value is -3.35. The van der Waals surface area contributed by atoms with Gasteiger partial charge in [0.15, 0.2) is 5.58 Å². The topological polar surface area (TPSA) is 89.7 Å². The number of nitrogens with zero attached hydrogens (tertiary/aromatic N) is 4. The molecular formula is C20H19N5O2. The minimum atomic E-state index is 0.0318. The number of oxazole rings is 1. The number of pyridine rings is 1. The van der Waals surface area contributed by atoms with E-state index in [0.717, 1.165) is 36.2 Å². The van der Waals surface area contributed by atoms with Crippen molar-refractivity contribution < 1.29 is 9.21 Å². The fourth-order valence-corrected chi connectivity index (χ4v) is 3.82. The predicted molar refractivity (Wildman–Crippen MR) is 102 cm³/mol. The number of rotatable bonds is 2. The van der Waals surface area contributed by atoms with Crippen LogP contribution in [0.1, 0.15) is 30.3 Å². The monoisotopic (exact) mass is 361 g/mol. The Morgan fingerprint density at radius 2 is 2.11 bits per heavy atom. The lowest BCUT2D eigenvalue weighted by atomic mass is 10.1. The second kappa shape index (κ2) is 5.84. The number of fused-ring (bicyclic) bond motifs is 2. The Balaban J connectivity index is 1.58. The van der Waals surface area contributed by atoms with Gasteiger partial charge in [0.25, 0.3) is 11.9 Å². The first-order valence-corrected chi connectivity index (χ1v) is 9.05. The van der Waals surface area contributed by atoms with Gasteiger partial charge < -0.3 is 15.1 Å². The van der Waals surface area contributed by atoms with E-state index >= 15 is 0 Å². The summed E-state index contributed by atoms with van der Waals surface area (Å²) in [6, 6.07) is 10.1. The maximum Gasteiger partial charge on any atom is 0.292 e. The van der Waals surface area contributed by atoms with Gasteiger partial charge in [0.1, 0.15) is 16.9 Å². The number of likely N-dealkylation sites (tertiary alicyclic amines) is 1. The highest BCUT2D eigenvalue weighted by Gasteiger charge is 2.28. The summed E-state index contributed by atoms with van der Waals surface area (Å²) in [4.78, 5) is 23.5. The highest BCUT2D eigenvalue weighted by Crippen LogP contribution is 2.27. The molecule has 7 heteroatoms. The molecule has 1 saturated heterocycles. The zero-order valence-electron chi connectivity index (χ0n) is 14.9. The first-order chi connectivity index (χ1) is 13.1. The molecular weight excluding hydrogens is 342 g/mol. The van der Waals surface area contributed by atoms with Crippen molar-refractivity contribution in [1.82, 2.24) is 19.3 Å². The van der Waals surface area contributed by atoms with E-state index in [2.05, 4.69) is 16.9 Å². The van der Waals surface area contributed by atoms with Crippen LogP contribution in [0.3, 0.4) is 0 Å². The average molecular weight is 361 g/mol. The smallest absolute Gasteiger partial charge is 0.292 e. The Morgan fingerprint density at radius 1 is 1.26 bits per heavy atom. The summed E-state index contributed by atoms with van der Waals surface area (Å²) in [6.45, 7) is 2.90. The van der Waals surface area contributed by atoms with Crippen LogP contribution in [0.25, 0.3) is 27.9 Å². The highest BCUT2D eigenvalue weighted by molar-refractivity contribution is 5.94. The molecule has 4 heterocycles. The van der Waals surface area contributed by atoms with Gasteiger partial charge in [0.2, 0.25) is 0 Å². The lowest BCUT2D eigenvalue weighted by Crippen LogP contribution is -2.34. The third kappa shape index (κ3) is 2.54. The van der Waals surface area contributed by atoms with Crippen molar-refractivity contribution in [3.05, 3.63) is 48.4 Å². The van der Waals surface area contributed by atoms with E-state index in [9.17, 15) is 4.79 Å². The second-order valence-corrected chi connectivity index (χ2v) is 7.01. The third-order valence-corrected chi connectivity index (χ3v) is 5.28. The number of nitrogens with two attached hydrogens (primary N) is 1. The average Bonchev–Trinajstić information content (AvgIpc) is 3.36. The van der Waals surface area contributed by atoms with Crippen molar-refractivity contribution in [2.45, 2.75) is 25.8 Å². The van der Waals surface area contributed by atoms with E-state index in [1.165, 1.54) is 0 Å². The van der Waals surface area contributed by atoms with Crippen LogP contribution in [-0.4, -0.2) is 37.8 Å². The number of nitrogen functional groups attached to an aromatic ring is 1. The standard InChI is InChI=1S/C20H19N5O2/c1-12-3-2-8-24(12)19(26)16-10-22-18-7-5-14(11-25(16)18)13-4-6-17-15(9-13)23-20(21)27-17/h4-7,9-12H,2-3,8H2,1H3,(H2,21,23). The molecule has 7 nitrogen and oxygen atoms in total. The Labute approximate surface area is 155 Å². The van der Waals surface area contributed by atoms with Gasteiger partial charge in [-0.25, -0.2) is 4.98 Å². The lowest BCUT2D eigenvalue weighted by molar-refractivity contribution is 0.0740. The van der Waals surface area contributed by atoms with Crippen LogP contribution in [0, 0.1) is 0 Å². The molecule has 3 aromatic heterocycles. The maximum absolute atomic E-state index is 13.0. The molecule has 0 bridgehead atoms. The lowest BCUT2D eigenvalue weighted by Gasteiger charge is -2.21. The van der Waals surface area contributed by atoms with Gasteiger partial charge >= 0.3 is 0 Å². The van der Waals surface area contributed by atoms with Crippen molar-refractivity contribution >= 4 is 28.7 Å². The van der Waals surface area contributed by atoms with Crippen LogP contribution in [0.15, 0.2) is 47.1 Å². The zero-order valence-corrected chi connectivity index (χ0v) is 14.9. The SMILES string of the molecule is CC1CCCN1C(=O)c1cnc2ccc(-c3ccc4oc(N)nc4c3)cn12. The van der Waals surface area contributed by atoms with E-state index in [1.807, 2.05) is 45.8 Å². The van der Waals surface area contributed by atoms with Crippen molar-refractivity contribution in [1.29, 1.82) is 0 Å². The molecule has 2 N–H and O–H groups in total. The molecule has 1 amide bonds. The normalized spacial score (nSPS) is 17.2. The van der Waals surface area contributed by atoms with Crippen LogP contribution in [0.5, 0.6) is 0 Å². The Bertz CT molecular complexity index is 1180. The summed E-state index contributed by atoms with van der Waals surface area (Å²) in [7, 11) is 0. The van der Waals surface area contributed by atoms with E-state index in [-0.39, 0.29) is 18.0 Å². The summed E-state index contributed by atoms with van der Waals surface area (Å²) in [6.07, 6.45) is 5.71. The first kappa shape index (κ1) is 15.9.